The van der Waals surface area contributed by atoms with E-state index in [9.17, 15) is 9.59 Å². The van der Waals surface area contributed by atoms with Crippen molar-refractivity contribution in [2.75, 3.05) is 39.0 Å². The zero-order valence-corrected chi connectivity index (χ0v) is 16.6. The molecule has 1 aromatic carbocycles. The van der Waals surface area contributed by atoms with Crippen LogP contribution in [0.25, 0.3) is 0 Å². The van der Waals surface area contributed by atoms with E-state index in [0.29, 0.717) is 6.54 Å². The number of hydrogen-bond acceptors (Lipinski definition) is 3. The first kappa shape index (κ1) is 20.4. The van der Waals surface area contributed by atoms with Crippen LogP contribution in [0.5, 0.6) is 0 Å². The maximum Gasteiger partial charge on any atom is 0.230 e. The number of nitrogens with zero attached hydrogens (tertiary/aromatic N) is 2. The van der Waals surface area contributed by atoms with Crippen LogP contribution in [0.2, 0.25) is 0 Å². The molecule has 0 radical (unpaired) electrons. The fraction of sp³-hybridized carbons (Fsp3) is 0.619. The van der Waals surface area contributed by atoms with Crippen molar-refractivity contribution >= 4 is 17.5 Å². The van der Waals surface area contributed by atoms with Crippen molar-refractivity contribution < 1.29 is 9.59 Å². The first-order valence-corrected chi connectivity index (χ1v) is 9.78. The van der Waals surface area contributed by atoms with Crippen LogP contribution in [0, 0.1) is 5.92 Å². The second kappa shape index (κ2) is 9.72. The Morgan fingerprint density at radius 1 is 1.19 bits per heavy atom. The van der Waals surface area contributed by atoms with Gasteiger partial charge in [0.2, 0.25) is 11.8 Å². The Kier molecular flexibility index (Phi) is 7.64. The van der Waals surface area contributed by atoms with E-state index in [1.54, 1.807) is 4.90 Å². The molecule has 26 heavy (non-hydrogen) atoms. The zero-order chi connectivity index (χ0) is 19.1. The van der Waals surface area contributed by atoms with Gasteiger partial charge in [0.1, 0.15) is 0 Å². The Bertz CT molecular complexity index is 613. The minimum Gasteiger partial charge on any atom is -0.345 e. The van der Waals surface area contributed by atoms with E-state index in [1.807, 2.05) is 31.3 Å². The Morgan fingerprint density at radius 3 is 2.58 bits per heavy atom. The number of hydrogen-bond donors (Lipinski definition) is 1. The number of carbonyl (C=O) groups excluding carboxylic acids is 2. The van der Waals surface area contributed by atoms with Crippen molar-refractivity contribution in [3.05, 3.63) is 29.8 Å². The van der Waals surface area contributed by atoms with Crippen molar-refractivity contribution in [2.24, 2.45) is 5.92 Å². The maximum atomic E-state index is 12.9. The van der Waals surface area contributed by atoms with Gasteiger partial charge in [-0.2, -0.15) is 0 Å². The quantitative estimate of drug-likeness (QED) is 0.736. The fourth-order valence-corrected chi connectivity index (χ4v) is 3.66. The van der Waals surface area contributed by atoms with E-state index >= 15 is 0 Å². The lowest BCUT2D eigenvalue weighted by atomic mass is 9.89. The van der Waals surface area contributed by atoms with Crippen molar-refractivity contribution in [1.82, 2.24) is 9.80 Å². The highest BCUT2D eigenvalue weighted by Crippen LogP contribution is 2.33. The van der Waals surface area contributed by atoms with Crippen LogP contribution in [0.1, 0.15) is 51.0 Å². The largest absolute Gasteiger partial charge is 0.345 e. The summed E-state index contributed by atoms with van der Waals surface area (Å²) in [4.78, 5) is 29.0. The molecular formula is C21H33N3O2. The van der Waals surface area contributed by atoms with E-state index in [-0.39, 0.29) is 24.2 Å². The fourth-order valence-electron chi connectivity index (χ4n) is 3.66. The van der Waals surface area contributed by atoms with Crippen LogP contribution >= 0.6 is 0 Å². The van der Waals surface area contributed by atoms with E-state index < -0.39 is 0 Å². The van der Waals surface area contributed by atoms with Gasteiger partial charge in [0.05, 0.1) is 5.92 Å². The van der Waals surface area contributed by atoms with Gasteiger partial charge in [-0.3, -0.25) is 9.59 Å². The molecule has 0 aromatic heterocycles. The average molecular weight is 360 g/mol. The molecule has 0 saturated heterocycles. The lowest BCUT2D eigenvalue weighted by Crippen LogP contribution is -2.37. The topological polar surface area (TPSA) is 52.7 Å². The molecule has 1 aromatic rings. The molecule has 5 nitrogen and oxygen atoms in total. The zero-order valence-electron chi connectivity index (χ0n) is 16.6. The summed E-state index contributed by atoms with van der Waals surface area (Å²) in [6, 6.07) is 7.60. The molecule has 1 unspecified atom stereocenters. The standard InChI is InChI=1S/C21H33N3O2/c1-5-16(6-2)15-23(3)12-9-13-24(4)21(26)18-14-20(25)22-19-11-8-7-10-17(18)19/h7-8,10-11,16,18H,5-6,9,12-15H2,1-4H3,(H,22,25). The normalized spacial score (nSPS) is 16.5. The highest BCUT2D eigenvalue weighted by Gasteiger charge is 2.32. The summed E-state index contributed by atoms with van der Waals surface area (Å²) in [7, 11) is 4.00. The van der Waals surface area contributed by atoms with E-state index in [4.69, 9.17) is 0 Å². The number of benzene rings is 1. The van der Waals surface area contributed by atoms with Gasteiger partial charge >= 0.3 is 0 Å². The van der Waals surface area contributed by atoms with Crippen LogP contribution < -0.4 is 5.32 Å². The van der Waals surface area contributed by atoms with Gasteiger partial charge in [0.25, 0.3) is 0 Å². The third-order valence-electron chi connectivity index (χ3n) is 5.43. The molecule has 0 fully saturated rings. The first-order valence-electron chi connectivity index (χ1n) is 9.78. The van der Waals surface area contributed by atoms with Crippen LogP contribution in [0.3, 0.4) is 0 Å². The van der Waals surface area contributed by atoms with Gasteiger partial charge < -0.3 is 15.1 Å². The molecule has 2 rings (SSSR count). The number of likely N-dealkylation sites (N-methyl/N-ethyl adjacent to an activating group) is 1. The molecule has 144 valence electrons. The molecule has 0 aliphatic carbocycles. The minimum absolute atomic E-state index is 0.0370. The molecule has 1 heterocycles. The summed E-state index contributed by atoms with van der Waals surface area (Å²) in [5.41, 5.74) is 1.69. The van der Waals surface area contributed by atoms with Gasteiger partial charge in [0, 0.05) is 32.2 Å². The van der Waals surface area contributed by atoms with Gasteiger partial charge in [-0.05, 0) is 37.6 Å². The molecule has 2 amide bonds. The Labute approximate surface area is 157 Å². The van der Waals surface area contributed by atoms with Crippen LogP contribution in [0.4, 0.5) is 5.69 Å². The molecule has 1 atom stereocenters. The lowest BCUT2D eigenvalue weighted by molar-refractivity contribution is -0.133. The van der Waals surface area contributed by atoms with E-state index in [2.05, 4.69) is 31.1 Å². The number of rotatable bonds is 9. The predicted molar refractivity (Wildman–Crippen MR) is 106 cm³/mol. The van der Waals surface area contributed by atoms with Crippen molar-refractivity contribution in [1.29, 1.82) is 0 Å². The minimum atomic E-state index is -0.368. The van der Waals surface area contributed by atoms with Gasteiger partial charge in [-0.25, -0.2) is 0 Å². The molecule has 0 bridgehead atoms. The van der Waals surface area contributed by atoms with Crippen LogP contribution in [-0.4, -0.2) is 55.3 Å². The molecule has 0 saturated carbocycles. The molecule has 1 aliphatic rings. The molecular weight excluding hydrogens is 326 g/mol. The van der Waals surface area contributed by atoms with Crippen molar-refractivity contribution in [2.45, 2.75) is 45.4 Å². The van der Waals surface area contributed by atoms with Gasteiger partial charge in [-0.1, -0.05) is 44.9 Å². The Balaban J connectivity index is 1.87. The number of para-hydroxylation sites is 1. The number of anilines is 1. The SMILES string of the molecule is CCC(CC)CN(C)CCCN(C)C(=O)C1CC(=O)Nc2ccccc21. The molecule has 5 heteroatoms. The lowest BCUT2D eigenvalue weighted by Gasteiger charge is -2.29. The summed E-state index contributed by atoms with van der Waals surface area (Å²) >= 11 is 0. The average Bonchev–Trinajstić information content (AvgIpc) is 2.64. The molecule has 1 N–H and O–H groups in total. The second-order valence-corrected chi connectivity index (χ2v) is 7.45. The van der Waals surface area contributed by atoms with Crippen LogP contribution in [0.15, 0.2) is 24.3 Å². The highest BCUT2D eigenvalue weighted by molar-refractivity contribution is 6.01. The predicted octanol–water partition coefficient (Wildman–Crippen LogP) is 3.33. The first-order chi connectivity index (χ1) is 12.5. The maximum absolute atomic E-state index is 12.9. The highest BCUT2D eigenvalue weighted by atomic mass is 16.2. The van der Waals surface area contributed by atoms with Crippen molar-refractivity contribution in [3.63, 3.8) is 0 Å². The summed E-state index contributed by atoms with van der Waals surface area (Å²) in [5.74, 6) is 0.333. The third-order valence-corrected chi connectivity index (χ3v) is 5.43. The monoisotopic (exact) mass is 359 g/mol. The summed E-state index contributed by atoms with van der Waals surface area (Å²) < 4.78 is 0. The summed E-state index contributed by atoms with van der Waals surface area (Å²) in [5, 5.41) is 2.85. The third kappa shape index (κ3) is 5.31. The molecule has 1 aliphatic heterocycles. The Hall–Kier alpha value is -1.88. The summed E-state index contributed by atoms with van der Waals surface area (Å²) in [6.07, 6.45) is 3.60. The second-order valence-electron chi connectivity index (χ2n) is 7.45. The number of fused-ring (bicyclic) bond motifs is 1. The van der Waals surface area contributed by atoms with Gasteiger partial charge in [-0.15, -0.1) is 0 Å². The van der Waals surface area contributed by atoms with E-state index in [1.165, 1.54) is 12.8 Å². The van der Waals surface area contributed by atoms with E-state index in [0.717, 1.165) is 36.7 Å². The smallest absolute Gasteiger partial charge is 0.230 e. The van der Waals surface area contributed by atoms with Gasteiger partial charge in [0.15, 0.2) is 0 Å². The number of nitrogens with one attached hydrogen (secondary N) is 1. The summed E-state index contributed by atoms with van der Waals surface area (Å²) in [6.45, 7) is 7.29. The number of amides is 2. The molecule has 0 spiro atoms. The Morgan fingerprint density at radius 2 is 1.88 bits per heavy atom. The van der Waals surface area contributed by atoms with Crippen molar-refractivity contribution in [3.8, 4) is 0 Å². The number of carbonyl (C=O) groups is 2. The van der Waals surface area contributed by atoms with Crippen LogP contribution in [-0.2, 0) is 9.59 Å².